The molecule has 2 aromatic rings. The lowest BCUT2D eigenvalue weighted by molar-refractivity contribution is 0.0506. The van der Waals surface area contributed by atoms with Crippen molar-refractivity contribution in [1.82, 2.24) is 9.78 Å². The molecule has 0 aliphatic rings. The zero-order valence-electron chi connectivity index (χ0n) is 12.2. The van der Waals surface area contributed by atoms with Crippen LogP contribution >= 0.6 is 11.6 Å². The Balaban J connectivity index is 2.08. The summed E-state index contributed by atoms with van der Waals surface area (Å²) < 4.78 is 11.6. The third-order valence-electron chi connectivity index (χ3n) is 2.83. The maximum atomic E-state index is 11.8. The molecule has 0 radical (unpaired) electrons. The highest BCUT2D eigenvalue weighted by Gasteiger charge is 2.17. The van der Waals surface area contributed by atoms with E-state index < -0.39 is 5.97 Å². The molecule has 1 aromatic heterocycles. The van der Waals surface area contributed by atoms with Crippen LogP contribution in [0, 0.1) is 0 Å². The van der Waals surface area contributed by atoms with E-state index in [4.69, 9.17) is 25.9 Å². The van der Waals surface area contributed by atoms with Gasteiger partial charge >= 0.3 is 5.97 Å². The Kier molecular flexibility index (Phi) is 5.00. The van der Waals surface area contributed by atoms with E-state index in [1.54, 1.807) is 32.4 Å². The summed E-state index contributed by atoms with van der Waals surface area (Å²) >= 11 is 5.84. The van der Waals surface area contributed by atoms with Crippen LogP contribution in [0.2, 0.25) is 5.02 Å². The van der Waals surface area contributed by atoms with E-state index in [2.05, 4.69) is 10.3 Å². The molecule has 7 nitrogen and oxygen atoms in total. The minimum atomic E-state index is -0.693. The van der Waals surface area contributed by atoms with Crippen LogP contribution in [0.25, 0.3) is 0 Å². The number of rotatable bonds is 5. The quantitative estimate of drug-likeness (QED) is 0.479. The highest BCUT2D eigenvalue weighted by molar-refractivity contribution is 6.33. The van der Waals surface area contributed by atoms with E-state index in [1.807, 2.05) is 0 Å². The number of halogens is 1. The lowest BCUT2D eigenvalue weighted by atomic mass is 10.2. The Morgan fingerprint density at radius 2 is 2.05 bits per heavy atom. The van der Waals surface area contributed by atoms with Gasteiger partial charge in [-0.1, -0.05) is 16.8 Å². The highest BCUT2D eigenvalue weighted by atomic mass is 35.5. The lowest BCUT2D eigenvalue weighted by Crippen LogP contribution is -2.08. The third kappa shape index (κ3) is 3.37. The molecule has 0 spiro atoms. The summed E-state index contributed by atoms with van der Waals surface area (Å²) in [6.45, 7) is 0. The first-order chi connectivity index (χ1) is 10.6. The molecular formula is C14H14ClN3O4. The first-order valence-electron chi connectivity index (χ1n) is 6.21. The first-order valence-corrected chi connectivity index (χ1v) is 6.59. The van der Waals surface area contributed by atoms with Gasteiger partial charge in [-0.3, -0.25) is 4.68 Å². The van der Waals surface area contributed by atoms with Crippen LogP contribution < -0.4 is 9.47 Å². The normalized spacial score (nSPS) is 10.7. The summed E-state index contributed by atoms with van der Waals surface area (Å²) in [6.07, 6.45) is 2.74. The molecule has 0 saturated heterocycles. The van der Waals surface area contributed by atoms with Gasteiger partial charge < -0.3 is 14.3 Å². The fourth-order valence-corrected chi connectivity index (χ4v) is 1.99. The van der Waals surface area contributed by atoms with Crippen molar-refractivity contribution in [3.8, 4) is 11.5 Å². The molecule has 0 amide bonds. The molecule has 0 atom stereocenters. The van der Waals surface area contributed by atoms with E-state index in [-0.39, 0.29) is 10.7 Å². The molecule has 0 bridgehead atoms. The Morgan fingerprint density at radius 1 is 1.32 bits per heavy atom. The standard InChI is InChI=1S/C14H14ClN3O4/c1-18-13(10(15)8-16-18)14(19)22-17-7-9-4-5-11(20-2)12(6-9)21-3/h4-8H,1-3H3/b17-7-. The number of nitrogens with zero attached hydrogens (tertiary/aromatic N) is 3. The number of ether oxygens (including phenoxy) is 2. The summed E-state index contributed by atoms with van der Waals surface area (Å²) in [4.78, 5) is 16.6. The smallest absolute Gasteiger partial charge is 0.385 e. The van der Waals surface area contributed by atoms with E-state index in [0.717, 1.165) is 0 Å². The lowest BCUT2D eigenvalue weighted by Gasteiger charge is -2.07. The van der Waals surface area contributed by atoms with Crippen molar-refractivity contribution in [3.05, 3.63) is 40.7 Å². The van der Waals surface area contributed by atoms with Crippen LogP contribution in [0.3, 0.4) is 0 Å². The topological polar surface area (TPSA) is 74.9 Å². The second-order valence-electron chi connectivity index (χ2n) is 4.19. The van der Waals surface area contributed by atoms with Crippen LogP contribution in [0.5, 0.6) is 11.5 Å². The van der Waals surface area contributed by atoms with Crippen molar-refractivity contribution >= 4 is 23.8 Å². The minimum absolute atomic E-state index is 0.131. The number of oxime groups is 1. The van der Waals surface area contributed by atoms with Gasteiger partial charge in [0.1, 0.15) is 0 Å². The van der Waals surface area contributed by atoms with Crippen molar-refractivity contribution in [2.75, 3.05) is 14.2 Å². The van der Waals surface area contributed by atoms with Gasteiger partial charge in [0.15, 0.2) is 17.2 Å². The number of methoxy groups -OCH3 is 2. The van der Waals surface area contributed by atoms with Gasteiger partial charge in [0.2, 0.25) is 0 Å². The molecule has 2 rings (SSSR count). The molecule has 1 heterocycles. The fourth-order valence-electron chi connectivity index (χ4n) is 1.75. The Morgan fingerprint density at radius 3 is 2.64 bits per heavy atom. The van der Waals surface area contributed by atoms with E-state index >= 15 is 0 Å². The minimum Gasteiger partial charge on any atom is -0.493 e. The molecule has 0 fully saturated rings. The molecule has 0 N–H and O–H groups in total. The fraction of sp³-hybridized carbons (Fsp3) is 0.214. The largest absolute Gasteiger partial charge is 0.493 e. The maximum absolute atomic E-state index is 11.8. The molecule has 8 heteroatoms. The average molecular weight is 324 g/mol. The molecule has 0 aliphatic carbocycles. The molecule has 1 aromatic carbocycles. The first kappa shape index (κ1) is 15.8. The molecule has 116 valence electrons. The summed E-state index contributed by atoms with van der Waals surface area (Å²) in [7, 11) is 4.66. The van der Waals surface area contributed by atoms with Gasteiger partial charge in [-0.2, -0.15) is 5.10 Å². The third-order valence-corrected chi connectivity index (χ3v) is 3.11. The van der Waals surface area contributed by atoms with Crippen LogP contribution in [0.15, 0.2) is 29.6 Å². The summed E-state index contributed by atoms with van der Waals surface area (Å²) in [5.41, 5.74) is 0.813. The number of aromatic nitrogens is 2. The molecule has 0 saturated carbocycles. The van der Waals surface area contributed by atoms with Gasteiger partial charge in [0.05, 0.1) is 31.7 Å². The van der Waals surface area contributed by atoms with Crippen LogP contribution in [-0.2, 0) is 11.9 Å². The number of carbonyl (C=O) groups excluding carboxylic acids is 1. The van der Waals surface area contributed by atoms with Crippen LogP contribution in [-0.4, -0.2) is 36.2 Å². The Bertz CT molecular complexity index is 693. The number of aryl methyl sites for hydroxylation is 1. The number of benzene rings is 1. The number of hydrogen-bond donors (Lipinski definition) is 0. The Labute approximate surface area is 132 Å². The van der Waals surface area contributed by atoms with Crippen molar-refractivity contribution in [1.29, 1.82) is 0 Å². The van der Waals surface area contributed by atoms with Gasteiger partial charge in [-0.05, 0) is 18.2 Å². The van der Waals surface area contributed by atoms with E-state index in [9.17, 15) is 4.79 Å². The second-order valence-corrected chi connectivity index (χ2v) is 4.60. The van der Waals surface area contributed by atoms with Gasteiger partial charge in [-0.15, -0.1) is 0 Å². The molecule has 0 unspecified atom stereocenters. The maximum Gasteiger partial charge on any atom is 0.385 e. The van der Waals surface area contributed by atoms with Gasteiger partial charge in [0.25, 0.3) is 0 Å². The van der Waals surface area contributed by atoms with Crippen molar-refractivity contribution < 1.29 is 19.1 Å². The summed E-state index contributed by atoms with van der Waals surface area (Å²) in [5, 5.41) is 7.69. The predicted octanol–water partition coefficient (Wildman–Crippen LogP) is 2.28. The van der Waals surface area contributed by atoms with E-state index in [0.29, 0.717) is 17.1 Å². The van der Waals surface area contributed by atoms with Crippen molar-refractivity contribution in [2.24, 2.45) is 12.2 Å². The molecule has 0 aliphatic heterocycles. The van der Waals surface area contributed by atoms with Gasteiger partial charge in [0, 0.05) is 12.6 Å². The van der Waals surface area contributed by atoms with E-state index in [1.165, 1.54) is 24.2 Å². The monoisotopic (exact) mass is 323 g/mol. The number of hydrogen-bond acceptors (Lipinski definition) is 6. The zero-order valence-corrected chi connectivity index (χ0v) is 13.0. The predicted molar refractivity (Wildman–Crippen MR) is 80.8 cm³/mol. The average Bonchev–Trinajstić information content (AvgIpc) is 2.86. The number of carbonyl (C=O) groups is 1. The van der Waals surface area contributed by atoms with Crippen molar-refractivity contribution in [3.63, 3.8) is 0 Å². The summed E-state index contributed by atoms with van der Waals surface area (Å²) in [5.74, 6) is 0.451. The SMILES string of the molecule is COc1ccc(/C=N\OC(=O)c2c(Cl)cnn2C)cc1OC. The van der Waals surface area contributed by atoms with Crippen molar-refractivity contribution in [2.45, 2.75) is 0 Å². The highest BCUT2D eigenvalue weighted by Crippen LogP contribution is 2.26. The molecule has 22 heavy (non-hydrogen) atoms. The van der Waals surface area contributed by atoms with Crippen LogP contribution in [0.4, 0.5) is 0 Å². The summed E-state index contributed by atoms with van der Waals surface area (Å²) in [6, 6.07) is 5.17. The zero-order chi connectivity index (χ0) is 16.1. The van der Waals surface area contributed by atoms with Crippen LogP contribution in [0.1, 0.15) is 16.1 Å². The molecular weight excluding hydrogens is 310 g/mol. The second kappa shape index (κ2) is 6.95. The Hall–Kier alpha value is -2.54. The van der Waals surface area contributed by atoms with Gasteiger partial charge in [-0.25, -0.2) is 4.79 Å².